The third kappa shape index (κ3) is 2.12. The first kappa shape index (κ1) is 10.7. The Kier molecular flexibility index (Phi) is 3.26. The standard InChI is InChI=1S/C7H8N2O4S/c10-5-1-2-6(11)9(5)8-4(3-14)7(12)13/h1-2,4,8,14H,3H2,(H,12,13)/t4-/m0/s1. The molecule has 1 atom stereocenters. The molecule has 0 radical (unpaired) electrons. The molecular weight excluding hydrogens is 208 g/mol. The minimum Gasteiger partial charge on any atom is -0.480 e. The highest BCUT2D eigenvalue weighted by atomic mass is 32.1. The SMILES string of the molecule is O=C(O)[C@H](CS)NN1C(=O)C=CC1=O. The molecular formula is C7H8N2O4S. The lowest BCUT2D eigenvalue weighted by Crippen LogP contribution is -2.52. The molecule has 7 heteroatoms. The molecule has 0 saturated heterocycles. The average Bonchev–Trinajstić information content (AvgIpc) is 2.43. The van der Waals surface area contributed by atoms with Crippen molar-refractivity contribution in [3.8, 4) is 0 Å². The van der Waals surface area contributed by atoms with Gasteiger partial charge in [0.05, 0.1) is 0 Å². The molecule has 0 aromatic rings. The summed E-state index contributed by atoms with van der Waals surface area (Å²) in [5.41, 5.74) is 2.26. The van der Waals surface area contributed by atoms with Crippen LogP contribution in [0.3, 0.4) is 0 Å². The molecule has 0 saturated carbocycles. The van der Waals surface area contributed by atoms with E-state index in [-0.39, 0.29) is 5.75 Å². The van der Waals surface area contributed by atoms with Crippen molar-refractivity contribution < 1.29 is 19.5 Å². The Bertz CT molecular complexity index is 297. The maximum atomic E-state index is 11.0. The highest BCUT2D eigenvalue weighted by Crippen LogP contribution is 2.01. The van der Waals surface area contributed by atoms with Gasteiger partial charge >= 0.3 is 5.97 Å². The van der Waals surface area contributed by atoms with Crippen LogP contribution in [-0.2, 0) is 14.4 Å². The zero-order valence-electron chi connectivity index (χ0n) is 7.01. The van der Waals surface area contributed by atoms with E-state index in [1.807, 2.05) is 0 Å². The zero-order chi connectivity index (χ0) is 10.7. The molecule has 2 amide bonds. The van der Waals surface area contributed by atoms with Crippen LogP contribution in [0.4, 0.5) is 0 Å². The van der Waals surface area contributed by atoms with Gasteiger partial charge in [-0.05, 0) is 0 Å². The summed E-state index contributed by atoms with van der Waals surface area (Å²) in [5.74, 6) is -2.36. The molecule has 0 fully saturated rings. The molecule has 1 heterocycles. The molecule has 14 heavy (non-hydrogen) atoms. The molecule has 76 valence electrons. The molecule has 0 spiro atoms. The van der Waals surface area contributed by atoms with Crippen LogP contribution in [0.15, 0.2) is 12.2 Å². The molecule has 6 nitrogen and oxygen atoms in total. The largest absolute Gasteiger partial charge is 0.480 e. The van der Waals surface area contributed by atoms with Gasteiger partial charge < -0.3 is 5.11 Å². The minimum atomic E-state index is -1.17. The average molecular weight is 216 g/mol. The number of carbonyl (C=O) groups is 3. The lowest BCUT2D eigenvalue weighted by molar-refractivity contribution is -0.145. The van der Waals surface area contributed by atoms with Crippen molar-refractivity contribution in [2.45, 2.75) is 6.04 Å². The van der Waals surface area contributed by atoms with Gasteiger partial charge in [0.25, 0.3) is 11.8 Å². The van der Waals surface area contributed by atoms with Gasteiger partial charge in [-0.25, -0.2) is 10.4 Å². The molecule has 0 aromatic heterocycles. The lowest BCUT2D eigenvalue weighted by Gasteiger charge is -2.19. The molecule has 1 aliphatic heterocycles. The number of hydrogen-bond acceptors (Lipinski definition) is 5. The van der Waals surface area contributed by atoms with Crippen LogP contribution in [0.25, 0.3) is 0 Å². The van der Waals surface area contributed by atoms with Crippen LogP contribution in [0.2, 0.25) is 0 Å². The van der Waals surface area contributed by atoms with Crippen molar-refractivity contribution in [3.63, 3.8) is 0 Å². The molecule has 0 aromatic carbocycles. The number of carboxylic acid groups (broad SMARTS) is 1. The normalized spacial score (nSPS) is 17.6. The van der Waals surface area contributed by atoms with Gasteiger partial charge in [0.15, 0.2) is 0 Å². The molecule has 0 bridgehead atoms. The van der Waals surface area contributed by atoms with E-state index in [2.05, 4.69) is 18.1 Å². The summed E-state index contributed by atoms with van der Waals surface area (Å²) in [4.78, 5) is 32.5. The minimum absolute atomic E-state index is 0.0214. The number of carbonyl (C=O) groups excluding carboxylic acids is 2. The topological polar surface area (TPSA) is 86.7 Å². The van der Waals surface area contributed by atoms with Crippen LogP contribution in [-0.4, -0.2) is 39.7 Å². The predicted octanol–water partition coefficient (Wildman–Crippen LogP) is -1.20. The van der Waals surface area contributed by atoms with Crippen molar-refractivity contribution in [3.05, 3.63) is 12.2 Å². The summed E-state index contributed by atoms with van der Waals surface area (Å²) < 4.78 is 0. The number of nitrogens with one attached hydrogen (secondary N) is 1. The van der Waals surface area contributed by atoms with E-state index in [0.717, 1.165) is 12.2 Å². The molecule has 1 rings (SSSR count). The fraction of sp³-hybridized carbons (Fsp3) is 0.286. The van der Waals surface area contributed by atoms with Crippen molar-refractivity contribution in [2.75, 3.05) is 5.75 Å². The highest BCUT2D eigenvalue weighted by Gasteiger charge is 2.28. The summed E-state index contributed by atoms with van der Waals surface area (Å²) in [6.45, 7) is 0. The quantitative estimate of drug-likeness (QED) is 0.406. The summed E-state index contributed by atoms with van der Waals surface area (Å²) in [7, 11) is 0. The fourth-order valence-corrected chi connectivity index (χ4v) is 1.10. The second-order valence-corrected chi connectivity index (χ2v) is 2.91. The Labute approximate surface area is 84.9 Å². The number of imide groups is 1. The Hall–Kier alpha value is -1.34. The maximum Gasteiger partial charge on any atom is 0.323 e. The summed E-state index contributed by atoms with van der Waals surface area (Å²) >= 11 is 3.77. The van der Waals surface area contributed by atoms with Crippen molar-refractivity contribution in [2.24, 2.45) is 0 Å². The number of carboxylic acids is 1. The third-order valence-corrected chi connectivity index (χ3v) is 1.94. The van der Waals surface area contributed by atoms with Crippen LogP contribution in [0, 0.1) is 0 Å². The number of nitrogens with zero attached hydrogens (tertiary/aromatic N) is 1. The highest BCUT2D eigenvalue weighted by molar-refractivity contribution is 7.80. The smallest absolute Gasteiger partial charge is 0.323 e. The second kappa shape index (κ2) is 4.25. The Morgan fingerprint density at radius 2 is 2.00 bits per heavy atom. The number of amides is 2. The van der Waals surface area contributed by atoms with E-state index in [9.17, 15) is 14.4 Å². The van der Waals surface area contributed by atoms with E-state index in [0.29, 0.717) is 5.01 Å². The van der Waals surface area contributed by atoms with Crippen molar-refractivity contribution >= 4 is 30.4 Å². The monoisotopic (exact) mass is 216 g/mol. The van der Waals surface area contributed by atoms with Gasteiger partial charge in [0, 0.05) is 17.9 Å². The molecule has 1 aliphatic rings. The van der Waals surface area contributed by atoms with E-state index in [1.165, 1.54) is 0 Å². The van der Waals surface area contributed by atoms with Gasteiger partial charge in [-0.3, -0.25) is 14.4 Å². The number of hydrazine groups is 1. The molecule has 2 N–H and O–H groups in total. The summed E-state index contributed by atoms with van der Waals surface area (Å²) in [6, 6.07) is -1.06. The number of thiol groups is 1. The van der Waals surface area contributed by atoms with Crippen LogP contribution < -0.4 is 5.43 Å². The van der Waals surface area contributed by atoms with Crippen LogP contribution in [0.1, 0.15) is 0 Å². The first-order valence-corrected chi connectivity index (χ1v) is 4.35. The first-order valence-electron chi connectivity index (χ1n) is 3.72. The van der Waals surface area contributed by atoms with Gasteiger partial charge in [-0.15, -0.1) is 0 Å². The van der Waals surface area contributed by atoms with Crippen molar-refractivity contribution in [1.82, 2.24) is 10.4 Å². The van der Waals surface area contributed by atoms with Gasteiger partial charge in [0.1, 0.15) is 6.04 Å². The van der Waals surface area contributed by atoms with Crippen LogP contribution in [0.5, 0.6) is 0 Å². The predicted molar refractivity (Wildman–Crippen MR) is 49.4 cm³/mol. The number of aliphatic carboxylic acids is 1. The number of hydrogen-bond donors (Lipinski definition) is 3. The van der Waals surface area contributed by atoms with E-state index in [1.54, 1.807) is 0 Å². The summed E-state index contributed by atoms with van der Waals surface area (Å²) in [6.07, 6.45) is 2.12. The molecule has 0 aliphatic carbocycles. The zero-order valence-corrected chi connectivity index (χ0v) is 7.90. The van der Waals surface area contributed by atoms with Crippen molar-refractivity contribution in [1.29, 1.82) is 0 Å². The van der Waals surface area contributed by atoms with Crippen LogP contribution >= 0.6 is 12.6 Å². The van der Waals surface area contributed by atoms with E-state index in [4.69, 9.17) is 5.11 Å². The second-order valence-electron chi connectivity index (χ2n) is 2.55. The number of rotatable bonds is 4. The Balaban J connectivity index is 2.64. The van der Waals surface area contributed by atoms with E-state index >= 15 is 0 Å². The maximum absolute atomic E-state index is 11.0. The van der Waals surface area contributed by atoms with Gasteiger partial charge in [-0.2, -0.15) is 12.6 Å². The third-order valence-electron chi connectivity index (χ3n) is 1.57. The lowest BCUT2D eigenvalue weighted by atomic mass is 10.4. The fourth-order valence-electron chi connectivity index (χ4n) is 0.857. The molecule has 0 unspecified atom stereocenters. The summed E-state index contributed by atoms with van der Waals surface area (Å²) in [5, 5.41) is 9.27. The van der Waals surface area contributed by atoms with E-state index < -0.39 is 23.8 Å². The Morgan fingerprint density at radius 3 is 2.36 bits per heavy atom. The van der Waals surface area contributed by atoms with Gasteiger partial charge in [-0.1, -0.05) is 0 Å². The first-order chi connectivity index (χ1) is 6.56. The van der Waals surface area contributed by atoms with Gasteiger partial charge in [0.2, 0.25) is 0 Å². The Morgan fingerprint density at radius 1 is 1.50 bits per heavy atom.